The van der Waals surface area contributed by atoms with Crippen molar-refractivity contribution in [1.29, 1.82) is 0 Å². The first kappa shape index (κ1) is 16.6. The molecule has 0 aliphatic carbocycles. The molecule has 0 spiro atoms. The number of ether oxygens (including phenoxy) is 2. The zero-order chi connectivity index (χ0) is 15.2. The molecule has 10 heteroatoms. The lowest BCUT2D eigenvalue weighted by Gasteiger charge is -2.15. The number of rotatable bonds is 7. The summed E-state index contributed by atoms with van der Waals surface area (Å²) in [6.45, 7) is -6.78. The Kier molecular flexibility index (Phi) is 5.67. The summed E-state index contributed by atoms with van der Waals surface area (Å²) in [6.07, 6.45) is -2.49. The van der Waals surface area contributed by atoms with Gasteiger partial charge in [0, 0.05) is 12.6 Å². The fraction of sp³-hybridized carbons (Fsp3) is 0.500. The molecule has 1 heterocycles. The number of nitrogens with zero attached hydrogens (tertiary/aromatic N) is 1. The Bertz CT molecular complexity index is 423. The van der Waals surface area contributed by atoms with E-state index in [4.69, 9.17) is 4.74 Å². The topological polar surface area (TPSA) is 31.4 Å². The van der Waals surface area contributed by atoms with Crippen LogP contribution in [-0.2, 0) is 4.74 Å². The average Bonchev–Trinajstić information content (AvgIpc) is 2.31. The maximum Gasteiger partial charge on any atom is 0.511 e. The minimum absolute atomic E-state index is 0.0617. The Hall–Kier alpha value is -1.45. The van der Waals surface area contributed by atoms with Crippen LogP contribution in [0.3, 0.4) is 0 Å². The summed E-state index contributed by atoms with van der Waals surface area (Å²) in [6, 6.07) is 0.795. The van der Waals surface area contributed by atoms with Crippen LogP contribution in [0, 0.1) is 0 Å². The van der Waals surface area contributed by atoms with Gasteiger partial charge in [-0.05, 0) is 6.07 Å². The van der Waals surface area contributed by atoms with Gasteiger partial charge in [0.1, 0.15) is 12.4 Å². The first-order valence-corrected chi connectivity index (χ1v) is 5.61. The monoisotopic (exact) mass is 302 g/mol. The van der Waals surface area contributed by atoms with Gasteiger partial charge >= 0.3 is 13.2 Å². The van der Waals surface area contributed by atoms with Crippen LogP contribution in [0.1, 0.15) is 6.42 Å². The lowest BCUT2D eigenvalue weighted by atomic mass is 9.81. The molecule has 0 saturated heterocycles. The number of hydrogen-bond acceptors (Lipinski definition) is 3. The van der Waals surface area contributed by atoms with Gasteiger partial charge in [0.2, 0.25) is 0 Å². The van der Waals surface area contributed by atoms with Gasteiger partial charge in [0.15, 0.2) is 0 Å². The molecule has 0 radical (unpaired) electrons. The minimum Gasteiger partial charge on any atom is -0.492 e. The van der Waals surface area contributed by atoms with Crippen molar-refractivity contribution in [3.63, 3.8) is 0 Å². The van der Waals surface area contributed by atoms with E-state index >= 15 is 0 Å². The highest BCUT2D eigenvalue weighted by atomic mass is 19.4. The molecule has 3 nitrogen and oxygen atoms in total. The quantitative estimate of drug-likeness (QED) is 0.440. The molecule has 0 unspecified atom stereocenters. The minimum atomic E-state index is -5.16. The van der Waals surface area contributed by atoms with Crippen LogP contribution >= 0.6 is 0 Å². The fourth-order valence-electron chi connectivity index (χ4n) is 1.23. The molecule has 0 fully saturated rings. The molecule has 0 aliphatic heterocycles. The Morgan fingerprint density at radius 2 is 1.80 bits per heavy atom. The fourth-order valence-corrected chi connectivity index (χ4v) is 1.23. The van der Waals surface area contributed by atoms with E-state index in [1.165, 1.54) is 0 Å². The van der Waals surface area contributed by atoms with Gasteiger partial charge in [0.05, 0.1) is 19.4 Å². The van der Waals surface area contributed by atoms with Gasteiger partial charge in [-0.3, -0.25) is 4.98 Å². The molecular formula is C10H11BF6NO2-. The Labute approximate surface area is 111 Å². The van der Waals surface area contributed by atoms with Crippen molar-refractivity contribution in [3.8, 4) is 5.75 Å². The molecule has 114 valence electrons. The highest BCUT2D eigenvalue weighted by Crippen LogP contribution is 2.15. The van der Waals surface area contributed by atoms with E-state index < -0.39 is 25.2 Å². The molecule has 1 aromatic heterocycles. The van der Waals surface area contributed by atoms with Crippen molar-refractivity contribution in [1.82, 2.24) is 4.98 Å². The Morgan fingerprint density at radius 1 is 1.10 bits per heavy atom. The van der Waals surface area contributed by atoms with Crippen LogP contribution in [0.25, 0.3) is 0 Å². The van der Waals surface area contributed by atoms with Crippen LogP contribution in [-0.4, -0.2) is 38.0 Å². The summed E-state index contributed by atoms with van der Waals surface area (Å²) >= 11 is 0. The van der Waals surface area contributed by atoms with Gasteiger partial charge in [-0.15, -0.1) is 0 Å². The second-order valence-electron chi connectivity index (χ2n) is 3.90. The average molecular weight is 302 g/mol. The largest absolute Gasteiger partial charge is 0.511 e. The summed E-state index contributed by atoms with van der Waals surface area (Å²) < 4.78 is 81.7. The molecule has 0 aromatic carbocycles. The molecule has 0 saturated carbocycles. The second-order valence-corrected chi connectivity index (χ2v) is 3.90. The van der Waals surface area contributed by atoms with Crippen LogP contribution in [0.15, 0.2) is 18.5 Å². The van der Waals surface area contributed by atoms with E-state index in [2.05, 4.69) is 9.72 Å². The predicted molar refractivity (Wildman–Crippen MR) is 59.9 cm³/mol. The molecule has 0 aliphatic rings. The Morgan fingerprint density at radius 3 is 2.40 bits per heavy atom. The third kappa shape index (κ3) is 6.64. The van der Waals surface area contributed by atoms with Gasteiger partial charge in [-0.25, -0.2) is 0 Å². The van der Waals surface area contributed by atoms with E-state index in [9.17, 15) is 26.1 Å². The Balaban J connectivity index is 2.29. The standard InChI is InChI=1S/C10H11BF6NO2/c12-10(13,14)7-19-2-1-3-20-9-4-8(5-18-6-9)11(15,16)17/h4-6H,1-3,7H2/q-1. The van der Waals surface area contributed by atoms with Crippen LogP contribution in [0.2, 0.25) is 0 Å². The third-order valence-corrected chi connectivity index (χ3v) is 2.08. The highest BCUT2D eigenvalue weighted by molar-refractivity contribution is 6.73. The number of halogens is 6. The van der Waals surface area contributed by atoms with Crippen molar-refractivity contribution < 1.29 is 35.6 Å². The van der Waals surface area contributed by atoms with Gasteiger partial charge < -0.3 is 22.4 Å². The summed E-state index contributed by atoms with van der Waals surface area (Å²) in [4.78, 5) is 3.39. The predicted octanol–water partition coefficient (Wildman–Crippen LogP) is 2.48. The van der Waals surface area contributed by atoms with Gasteiger partial charge in [0.25, 0.3) is 0 Å². The zero-order valence-electron chi connectivity index (χ0n) is 10.2. The molecule has 1 aromatic rings. The summed E-state index contributed by atoms with van der Waals surface area (Å²) in [7, 11) is 0. The number of pyridine rings is 1. The first-order chi connectivity index (χ1) is 9.18. The van der Waals surface area contributed by atoms with Crippen LogP contribution < -0.4 is 10.2 Å². The summed E-state index contributed by atoms with van der Waals surface area (Å²) in [5.41, 5.74) is -0.893. The highest BCUT2D eigenvalue weighted by Gasteiger charge is 2.27. The maximum atomic E-state index is 12.4. The normalized spacial score (nSPS) is 12.5. The SMILES string of the molecule is F[B-](F)(F)c1cncc(OCCCOCC(F)(F)F)c1. The van der Waals surface area contributed by atoms with E-state index in [0.717, 1.165) is 12.3 Å². The number of aromatic nitrogens is 1. The van der Waals surface area contributed by atoms with Crippen molar-refractivity contribution in [3.05, 3.63) is 18.5 Å². The third-order valence-electron chi connectivity index (χ3n) is 2.08. The molecule has 20 heavy (non-hydrogen) atoms. The summed E-state index contributed by atoms with van der Waals surface area (Å²) in [5, 5.41) is 0. The summed E-state index contributed by atoms with van der Waals surface area (Å²) in [5.74, 6) is -0.0856. The van der Waals surface area contributed by atoms with Crippen molar-refractivity contribution >= 4 is 12.4 Å². The number of alkyl halides is 3. The molecule has 1 rings (SSSR count). The van der Waals surface area contributed by atoms with Crippen molar-refractivity contribution in [2.24, 2.45) is 0 Å². The molecule has 0 bridgehead atoms. The smallest absolute Gasteiger partial charge is 0.492 e. The maximum absolute atomic E-state index is 12.4. The van der Waals surface area contributed by atoms with Gasteiger partial charge in [-0.1, -0.05) is 5.46 Å². The van der Waals surface area contributed by atoms with Crippen molar-refractivity contribution in [2.45, 2.75) is 12.6 Å². The number of hydrogen-bond donors (Lipinski definition) is 0. The lowest BCUT2D eigenvalue weighted by molar-refractivity contribution is -0.174. The second kappa shape index (κ2) is 6.82. The molecule has 0 N–H and O–H groups in total. The van der Waals surface area contributed by atoms with Crippen LogP contribution in [0.5, 0.6) is 5.75 Å². The van der Waals surface area contributed by atoms with E-state index in [1.54, 1.807) is 0 Å². The molecular weight excluding hydrogens is 291 g/mol. The zero-order valence-corrected chi connectivity index (χ0v) is 10.2. The van der Waals surface area contributed by atoms with Gasteiger partial charge in [-0.2, -0.15) is 13.2 Å². The molecule has 0 atom stereocenters. The van der Waals surface area contributed by atoms with Crippen LogP contribution in [0.4, 0.5) is 26.1 Å². The lowest BCUT2D eigenvalue weighted by Crippen LogP contribution is -2.34. The van der Waals surface area contributed by atoms with E-state index in [1.807, 2.05) is 0 Å². The first-order valence-electron chi connectivity index (χ1n) is 5.61. The van der Waals surface area contributed by atoms with E-state index in [-0.39, 0.29) is 25.4 Å². The van der Waals surface area contributed by atoms with E-state index in [0.29, 0.717) is 6.20 Å². The molecule has 0 amide bonds. The van der Waals surface area contributed by atoms with Crippen molar-refractivity contribution in [2.75, 3.05) is 19.8 Å².